The van der Waals surface area contributed by atoms with Gasteiger partial charge in [-0.05, 0) is 6.92 Å². The minimum absolute atomic E-state index is 0. The summed E-state index contributed by atoms with van der Waals surface area (Å²) < 4.78 is 4.88. The maximum atomic E-state index is 4.88. The zero-order valence-electron chi connectivity index (χ0n) is 4.94. The van der Waals surface area contributed by atoms with Crippen LogP contribution in [0.25, 0.3) is 0 Å². The average molecular weight is 112 g/mol. The summed E-state index contributed by atoms with van der Waals surface area (Å²) in [7, 11) is 0. The average Bonchev–Trinajstić information content (AvgIpc) is 1.61. The molecule has 7 heavy (non-hydrogen) atoms. The number of hydrogen-bond donors (Lipinski definition) is 0. The zero-order valence-corrected chi connectivity index (χ0v) is 5.75. The third kappa shape index (κ3) is 10.9. The van der Waals surface area contributed by atoms with Gasteiger partial charge in [-0.2, -0.15) is 5.75 Å². The van der Waals surface area contributed by atoms with Crippen LogP contribution in [0.2, 0.25) is 0 Å². The van der Waals surface area contributed by atoms with Gasteiger partial charge in [-0.15, -0.1) is 0 Å². The van der Waals surface area contributed by atoms with Crippen LogP contribution in [-0.4, -0.2) is 19.0 Å². The molecule has 3 heteroatoms. The molecule has 0 saturated heterocycles. The summed E-state index contributed by atoms with van der Waals surface area (Å²) in [6.45, 7) is 3.48. The maximum absolute atomic E-state index is 4.88. The third-order valence-electron chi connectivity index (χ3n) is 0.432. The van der Waals surface area contributed by atoms with E-state index in [-0.39, 0.29) is 18.9 Å². The van der Waals surface area contributed by atoms with Crippen LogP contribution >= 0.6 is 0 Å². The van der Waals surface area contributed by atoms with Crippen molar-refractivity contribution in [1.29, 1.82) is 0 Å². The quantitative estimate of drug-likeness (QED) is 0.228. The monoisotopic (exact) mass is 112 g/mol. The van der Waals surface area contributed by atoms with Crippen molar-refractivity contribution < 1.29 is 23.6 Å². The number of rotatable bonds is 3. The molecule has 0 aliphatic rings. The predicted molar refractivity (Wildman–Crippen MR) is 28.7 cm³/mol. The van der Waals surface area contributed by atoms with E-state index in [0.29, 0.717) is 5.75 Å². The standard InChI is InChI=1S/C4H10OS.Li/c1-2-5-3-4-6;/h6H,2-4H2,1H3;/q;+1/p-1. The molecule has 0 aromatic heterocycles. The topological polar surface area (TPSA) is 9.23 Å². The van der Waals surface area contributed by atoms with Crippen LogP contribution in [0.3, 0.4) is 0 Å². The summed E-state index contributed by atoms with van der Waals surface area (Å²) in [6.07, 6.45) is 0. The van der Waals surface area contributed by atoms with Gasteiger partial charge < -0.3 is 17.4 Å². The van der Waals surface area contributed by atoms with Crippen molar-refractivity contribution in [2.45, 2.75) is 6.92 Å². The first-order valence-corrected chi connectivity index (χ1v) is 2.65. The molecule has 0 heterocycles. The fourth-order valence-corrected chi connectivity index (χ4v) is 0.321. The Morgan fingerprint density at radius 1 is 1.57 bits per heavy atom. The second-order valence-electron chi connectivity index (χ2n) is 0.901. The van der Waals surface area contributed by atoms with E-state index in [9.17, 15) is 0 Å². The Kier molecular flexibility index (Phi) is 15.5. The Hall–Kier alpha value is 0.907. The molecule has 0 saturated carbocycles. The van der Waals surface area contributed by atoms with Crippen LogP contribution in [0.15, 0.2) is 0 Å². The first-order chi connectivity index (χ1) is 2.91. The van der Waals surface area contributed by atoms with Crippen LogP contribution in [0.1, 0.15) is 6.92 Å². The Bertz CT molecular complexity index is 23.7. The molecule has 0 aliphatic carbocycles. The normalized spacial score (nSPS) is 7.71. The van der Waals surface area contributed by atoms with Gasteiger partial charge in [0.1, 0.15) is 0 Å². The summed E-state index contributed by atoms with van der Waals surface area (Å²) in [6, 6.07) is 0. The van der Waals surface area contributed by atoms with Gasteiger partial charge in [0.15, 0.2) is 0 Å². The predicted octanol–water partition coefficient (Wildman–Crippen LogP) is -2.43. The fraction of sp³-hybridized carbons (Fsp3) is 1.00. The third-order valence-corrected chi connectivity index (χ3v) is 0.598. The Balaban J connectivity index is 0. The minimum atomic E-state index is 0. The first-order valence-electron chi connectivity index (χ1n) is 2.07. The largest absolute Gasteiger partial charge is 1.00 e. The van der Waals surface area contributed by atoms with Crippen molar-refractivity contribution >= 4 is 12.6 Å². The molecule has 0 aromatic carbocycles. The summed E-state index contributed by atoms with van der Waals surface area (Å²) in [4.78, 5) is 0. The van der Waals surface area contributed by atoms with Gasteiger partial charge in [-0.3, -0.25) is 0 Å². The summed E-state index contributed by atoms with van der Waals surface area (Å²) in [5.74, 6) is 0.716. The van der Waals surface area contributed by atoms with Crippen molar-refractivity contribution in [2.24, 2.45) is 0 Å². The van der Waals surface area contributed by atoms with E-state index < -0.39 is 0 Å². The summed E-state index contributed by atoms with van der Waals surface area (Å²) in [5, 5.41) is 0. The molecule has 0 amide bonds. The van der Waals surface area contributed by atoms with Gasteiger partial charge in [0, 0.05) is 13.2 Å². The molecular weight excluding hydrogens is 103 g/mol. The Labute approximate surface area is 62.4 Å². The molecule has 0 rings (SSSR count). The fourth-order valence-electron chi connectivity index (χ4n) is 0.203. The minimum Gasteiger partial charge on any atom is -0.790 e. The zero-order chi connectivity index (χ0) is 4.83. The Morgan fingerprint density at radius 3 is 2.29 bits per heavy atom. The first kappa shape index (κ1) is 10.8. The van der Waals surface area contributed by atoms with Gasteiger partial charge >= 0.3 is 18.9 Å². The van der Waals surface area contributed by atoms with Gasteiger partial charge in [0.2, 0.25) is 0 Å². The molecule has 1 nitrogen and oxygen atoms in total. The number of hydrogen-bond acceptors (Lipinski definition) is 2. The molecular formula is C4H9LiOS. The van der Waals surface area contributed by atoms with Gasteiger partial charge in [-0.25, -0.2) is 0 Å². The molecule has 38 valence electrons. The van der Waals surface area contributed by atoms with Gasteiger partial charge in [0.25, 0.3) is 0 Å². The molecule has 0 unspecified atom stereocenters. The van der Waals surface area contributed by atoms with Crippen molar-refractivity contribution in [2.75, 3.05) is 19.0 Å². The van der Waals surface area contributed by atoms with Crippen molar-refractivity contribution in [3.8, 4) is 0 Å². The number of ether oxygens (including phenoxy) is 1. The van der Waals surface area contributed by atoms with Crippen molar-refractivity contribution in [1.82, 2.24) is 0 Å². The van der Waals surface area contributed by atoms with Crippen molar-refractivity contribution in [3.63, 3.8) is 0 Å². The van der Waals surface area contributed by atoms with E-state index >= 15 is 0 Å². The second-order valence-corrected chi connectivity index (χ2v) is 1.31. The van der Waals surface area contributed by atoms with Crippen LogP contribution in [0, 0.1) is 0 Å². The molecule has 0 N–H and O–H groups in total. The van der Waals surface area contributed by atoms with Crippen LogP contribution in [0.5, 0.6) is 0 Å². The van der Waals surface area contributed by atoms with Gasteiger partial charge in [-0.1, -0.05) is 0 Å². The molecule has 0 bridgehead atoms. The van der Waals surface area contributed by atoms with Crippen LogP contribution in [-0.2, 0) is 17.4 Å². The van der Waals surface area contributed by atoms with Crippen LogP contribution in [0.4, 0.5) is 0 Å². The molecule has 0 atom stereocenters. The van der Waals surface area contributed by atoms with Gasteiger partial charge in [0.05, 0.1) is 0 Å². The summed E-state index contributed by atoms with van der Waals surface area (Å²) >= 11 is 4.59. The molecule has 0 spiro atoms. The van der Waals surface area contributed by atoms with E-state index in [1.54, 1.807) is 0 Å². The molecule has 0 aromatic rings. The Morgan fingerprint density at radius 2 is 2.14 bits per heavy atom. The van der Waals surface area contributed by atoms with Crippen molar-refractivity contribution in [3.05, 3.63) is 0 Å². The molecule has 0 fully saturated rings. The van der Waals surface area contributed by atoms with E-state index in [0.717, 1.165) is 13.2 Å². The SMILES string of the molecule is CCOCC[S-].[Li+]. The van der Waals surface area contributed by atoms with E-state index in [2.05, 4.69) is 12.6 Å². The van der Waals surface area contributed by atoms with Crippen LogP contribution < -0.4 is 18.9 Å². The van der Waals surface area contributed by atoms with E-state index in [4.69, 9.17) is 4.74 Å². The van der Waals surface area contributed by atoms with E-state index in [1.807, 2.05) is 6.92 Å². The smallest absolute Gasteiger partial charge is 0.790 e. The second kappa shape index (κ2) is 10.0. The maximum Gasteiger partial charge on any atom is 1.00 e. The molecule has 0 aliphatic heterocycles. The molecule has 0 radical (unpaired) electrons. The van der Waals surface area contributed by atoms with E-state index in [1.165, 1.54) is 0 Å². The summed E-state index contributed by atoms with van der Waals surface area (Å²) in [5.41, 5.74) is 0.